The minimum absolute atomic E-state index is 0.137. The van der Waals surface area contributed by atoms with Crippen LogP contribution in [-0.4, -0.2) is 34.8 Å². The van der Waals surface area contributed by atoms with E-state index in [-0.39, 0.29) is 17.5 Å². The second kappa shape index (κ2) is 9.09. The van der Waals surface area contributed by atoms with Gasteiger partial charge in [-0.3, -0.25) is 4.79 Å². The van der Waals surface area contributed by atoms with Gasteiger partial charge >= 0.3 is 6.18 Å². The number of halogens is 3. The zero-order valence-electron chi connectivity index (χ0n) is 19.5. The van der Waals surface area contributed by atoms with Gasteiger partial charge in [-0.1, -0.05) is 29.5 Å². The number of hydrogen-bond donors (Lipinski definition) is 0. The van der Waals surface area contributed by atoms with Gasteiger partial charge in [0.05, 0.1) is 12.8 Å². The predicted molar refractivity (Wildman–Crippen MR) is 130 cm³/mol. The Morgan fingerprint density at radius 1 is 1.03 bits per heavy atom. The smallest absolute Gasteiger partial charge is 0.433 e. The molecule has 0 aliphatic carbocycles. The average Bonchev–Trinajstić information content (AvgIpc) is 3.23. The first kappa shape index (κ1) is 24.1. The van der Waals surface area contributed by atoms with E-state index in [1.165, 1.54) is 0 Å². The normalized spacial score (nSPS) is 16.7. The summed E-state index contributed by atoms with van der Waals surface area (Å²) in [5.74, 6) is 0.986. The first-order valence-corrected chi connectivity index (χ1v) is 11.9. The molecule has 6 nitrogen and oxygen atoms in total. The Morgan fingerprint density at radius 3 is 2.47 bits per heavy atom. The molecule has 0 saturated heterocycles. The van der Waals surface area contributed by atoms with E-state index >= 15 is 0 Å². The monoisotopic (exact) mass is 511 g/mol. The van der Waals surface area contributed by atoms with Crippen LogP contribution in [0.4, 0.5) is 13.2 Å². The number of aryl methyl sites for hydroxylation is 2. The minimum atomic E-state index is -4.58. The molecule has 0 spiro atoms. The SMILES string of the molecule is COc1ccc(C2=NC(=O)C3Sc4nc(C(F)(F)F)cc(C)c4C3=N2)cc1COc1ccc(C)cc1. The number of hydrogen-bond acceptors (Lipinski definition) is 6. The summed E-state index contributed by atoms with van der Waals surface area (Å²) in [5, 5.41) is -0.682. The molecule has 3 aromatic rings. The van der Waals surface area contributed by atoms with Gasteiger partial charge in [-0.25, -0.2) is 9.98 Å². The van der Waals surface area contributed by atoms with Crippen molar-refractivity contribution in [2.45, 2.75) is 36.9 Å². The predicted octanol–water partition coefficient (Wildman–Crippen LogP) is 5.56. The van der Waals surface area contributed by atoms with Crippen LogP contribution in [0, 0.1) is 13.8 Å². The highest BCUT2D eigenvalue weighted by molar-refractivity contribution is 8.02. The number of amides is 1. The van der Waals surface area contributed by atoms with Crippen molar-refractivity contribution in [3.63, 3.8) is 0 Å². The zero-order chi connectivity index (χ0) is 25.6. The standard InChI is InChI=1S/C26H20F3N3O3S/c1-13-4-7-17(8-5-13)35-12-16-11-15(6-9-18(16)34-3)23-31-21-20-14(2)10-19(26(27,28)29)30-25(20)36-22(21)24(33)32-23/h4-11,22H,12H2,1-3H3. The first-order valence-electron chi connectivity index (χ1n) is 11.0. The van der Waals surface area contributed by atoms with Crippen LogP contribution in [0.5, 0.6) is 11.5 Å². The van der Waals surface area contributed by atoms with Gasteiger partial charge in [0.15, 0.2) is 5.84 Å². The van der Waals surface area contributed by atoms with Crippen molar-refractivity contribution in [3.8, 4) is 11.5 Å². The van der Waals surface area contributed by atoms with E-state index in [1.54, 1.807) is 32.2 Å². The molecule has 2 aromatic carbocycles. The summed E-state index contributed by atoms with van der Waals surface area (Å²) in [6.45, 7) is 3.76. The van der Waals surface area contributed by atoms with Crippen molar-refractivity contribution >= 4 is 29.2 Å². The highest BCUT2D eigenvalue weighted by Crippen LogP contribution is 2.42. The summed E-state index contributed by atoms with van der Waals surface area (Å²) in [6, 6.07) is 13.9. The number of ether oxygens (including phenoxy) is 2. The maximum Gasteiger partial charge on any atom is 0.433 e. The van der Waals surface area contributed by atoms with E-state index in [0.717, 1.165) is 29.0 Å². The van der Waals surface area contributed by atoms with Crippen molar-refractivity contribution in [1.29, 1.82) is 0 Å². The maximum atomic E-state index is 13.2. The lowest BCUT2D eigenvalue weighted by Gasteiger charge is -2.16. The van der Waals surface area contributed by atoms with Crippen molar-refractivity contribution in [2.24, 2.45) is 9.98 Å². The third kappa shape index (κ3) is 4.48. The lowest BCUT2D eigenvalue weighted by atomic mass is 10.0. The number of nitrogens with zero attached hydrogens (tertiary/aromatic N) is 3. The molecule has 1 atom stereocenters. The number of pyridine rings is 1. The molecule has 2 aliphatic heterocycles. The van der Waals surface area contributed by atoms with Crippen molar-refractivity contribution in [1.82, 2.24) is 4.98 Å². The number of carbonyl (C=O) groups excluding carboxylic acids is 1. The summed E-state index contributed by atoms with van der Waals surface area (Å²) in [4.78, 5) is 25.4. The van der Waals surface area contributed by atoms with E-state index in [1.807, 2.05) is 31.2 Å². The number of thioether (sulfide) groups is 1. The van der Waals surface area contributed by atoms with Crippen LogP contribution in [0.15, 0.2) is 63.5 Å². The average molecular weight is 512 g/mol. The molecule has 0 saturated carbocycles. The molecule has 1 amide bonds. The number of amidine groups is 1. The Hall–Kier alpha value is -3.66. The highest BCUT2D eigenvalue weighted by atomic mass is 32.2. The number of fused-ring (bicyclic) bond motifs is 3. The van der Waals surface area contributed by atoms with Crippen LogP contribution in [0.25, 0.3) is 0 Å². The number of aliphatic imine (C=N–C) groups is 2. The molecule has 0 N–H and O–H groups in total. The molecule has 3 heterocycles. The Morgan fingerprint density at radius 2 is 1.78 bits per heavy atom. The molecule has 1 unspecified atom stereocenters. The van der Waals surface area contributed by atoms with E-state index < -0.39 is 23.0 Å². The minimum Gasteiger partial charge on any atom is -0.496 e. The third-order valence-electron chi connectivity index (χ3n) is 5.83. The van der Waals surface area contributed by atoms with Gasteiger partial charge in [0.1, 0.15) is 34.1 Å². The summed E-state index contributed by atoms with van der Waals surface area (Å²) >= 11 is 0.947. The number of alkyl halides is 3. The van der Waals surface area contributed by atoms with Crippen molar-refractivity contribution < 1.29 is 27.4 Å². The molecule has 1 aromatic heterocycles. The van der Waals surface area contributed by atoms with Gasteiger partial charge in [0.25, 0.3) is 5.91 Å². The number of benzene rings is 2. The number of carbonyl (C=O) groups is 1. The fourth-order valence-corrected chi connectivity index (χ4v) is 5.22. The van der Waals surface area contributed by atoms with Crippen LogP contribution in [-0.2, 0) is 17.6 Å². The van der Waals surface area contributed by atoms with Crippen molar-refractivity contribution in [2.75, 3.05) is 7.11 Å². The van der Waals surface area contributed by atoms with Crippen LogP contribution in [0.3, 0.4) is 0 Å². The Balaban J connectivity index is 1.48. The topological polar surface area (TPSA) is 73.1 Å². The molecule has 10 heteroatoms. The fourth-order valence-electron chi connectivity index (χ4n) is 4.02. The Kier molecular flexibility index (Phi) is 6.07. The second-order valence-corrected chi connectivity index (χ2v) is 9.49. The van der Waals surface area contributed by atoms with Gasteiger partial charge in [0, 0.05) is 16.7 Å². The molecule has 5 rings (SSSR count). The molecule has 184 valence electrons. The first-order chi connectivity index (χ1) is 17.1. The molecule has 36 heavy (non-hydrogen) atoms. The van der Waals surface area contributed by atoms with Crippen LogP contribution < -0.4 is 9.47 Å². The third-order valence-corrected chi connectivity index (χ3v) is 7.01. The number of methoxy groups -OCH3 is 1. The molecule has 2 aliphatic rings. The highest BCUT2D eigenvalue weighted by Gasteiger charge is 2.42. The summed E-state index contributed by atoms with van der Waals surface area (Å²) in [7, 11) is 1.55. The molecular weight excluding hydrogens is 491 g/mol. The van der Waals surface area contributed by atoms with Crippen LogP contribution in [0.1, 0.15) is 33.5 Å². The lowest BCUT2D eigenvalue weighted by molar-refractivity contribution is -0.141. The lowest BCUT2D eigenvalue weighted by Crippen LogP contribution is -2.29. The maximum absolute atomic E-state index is 13.2. The second-order valence-electron chi connectivity index (χ2n) is 8.40. The van der Waals surface area contributed by atoms with Gasteiger partial charge in [-0.05, 0) is 55.8 Å². The largest absolute Gasteiger partial charge is 0.496 e. The fraction of sp³-hybridized carbons (Fsp3) is 0.231. The van der Waals surface area contributed by atoms with E-state index in [4.69, 9.17) is 9.47 Å². The summed E-state index contributed by atoms with van der Waals surface area (Å²) in [5.41, 5.74) is 2.60. The number of rotatable bonds is 5. The van der Waals surface area contributed by atoms with Crippen molar-refractivity contribution in [3.05, 3.63) is 82.0 Å². The molecule has 0 fully saturated rings. The zero-order valence-corrected chi connectivity index (χ0v) is 20.3. The van der Waals surface area contributed by atoms with Gasteiger partial charge in [0.2, 0.25) is 0 Å². The Labute approximate surface area is 209 Å². The van der Waals surface area contributed by atoms with Gasteiger partial charge < -0.3 is 9.47 Å². The number of aromatic nitrogens is 1. The molecular formula is C26H20F3N3O3S. The van der Waals surface area contributed by atoms with Crippen LogP contribution >= 0.6 is 11.8 Å². The van der Waals surface area contributed by atoms with E-state index in [0.29, 0.717) is 33.9 Å². The van der Waals surface area contributed by atoms with E-state index in [2.05, 4.69) is 15.0 Å². The molecule has 0 radical (unpaired) electrons. The quantitative estimate of drug-likeness (QED) is 0.449. The molecule has 0 bridgehead atoms. The Bertz CT molecular complexity index is 1430. The van der Waals surface area contributed by atoms with Gasteiger partial charge in [-0.15, -0.1) is 0 Å². The van der Waals surface area contributed by atoms with Crippen LogP contribution in [0.2, 0.25) is 0 Å². The van der Waals surface area contributed by atoms with E-state index in [9.17, 15) is 18.0 Å². The van der Waals surface area contributed by atoms with Gasteiger partial charge in [-0.2, -0.15) is 18.2 Å². The summed E-state index contributed by atoms with van der Waals surface area (Å²) in [6.07, 6.45) is -4.58. The summed E-state index contributed by atoms with van der Waals surface area (Å²) < 4.78 is 51.1.